The fourth-order valence-corrected chi connectivity index (χ4v) is 6.67. The zero-order chi connectivity index (χ0) is 31.6. The molecule has 3 aromatic heterocycles. The summed E-state index contributed by atoms with van der Waals surface area (Å²) in [6.45, 7) is 8.85. The molecule has 0 aliphatic heterocycles. The van der Waals surface area contributed by atoms with Crippen molar-refractivity contribution < 1.29 is 4.74 Å². The van der Waals surface area contributed by atoms with Crippen molar-refractivity contribution in [2.75, 3.05) is 0 Å². The number of hydrogen-bond donors (Lipinski definition) is 0. The minimum absolute atomic E-state index is 0.760. The predicted octanol–water partition coefficient (Wildman–Crippen LogP) is 10.6. The van der Waals surface area contributed by atoms with Gasteiger partial charge in [0.1, 0.15) is 17.3 Å². The van der Waals surface area contributed by atoms with Gasteiger partial charge < -0.3 is 4.74 Å². The minimum atomic E-state index is 0.760. The number of nitrogens with zero attached hydrogens (tertiary/aromatic N) is 4. The highest BCUT2D eigenvalue weighted by atomic mass is 16.5. The zero-order valence-corrected chi connectivity index (χ0v) is 27.1. The van der Waals surface area contributed by atoms with E-state index in [-0.39, 0.29) is 0 Å². The van der Waals surface area contributed by atoms with Crippen molar-refractivity contribution in [1.82, 2.24) is 19.3 Å². The Morgan fingerprint density at radius 1 is 0.717 bits per heavy atom. The number of hydrogen-bond acceptors (Lipinski definition) is 3. The molecule has 0 saturated carbocycles. The molecule has 0 fully saturated rings. The van der Waals surface area contributed by atoms with Gasteiger partial charge in [0, 0.05) is 40.9 Å². The molecule has 0 aliphatic carbocycles. The van der Waals surface area contributed by atoms with E-state index in [0.717, 1.165) is 66.1 Å². The Kier molecular flexibility index (Phi) is 8.15. The molecule has 46 heavy (non-hydrogen) atoms. The van der Waals surface area contributed by atoms with Gasteiger partial charge in [0.05, 0.1) is 22.9 Å². The van der Waals surface area contributed by atoms with Crippen molar-refractivity contribution in [3.8, 4) is 34.1 Å². The second-order valence-electron chi connectivity index (χ2n) is 12.1. The minimum Gasteiger partial charge on any atom is -0.457 e. The highest BCUT2D eigenvalue weighted by Gasteiger charge is 2.16. The van der Waals surface area contributed by atoms with Crippen LogP contribution in [0.25, 0.3) is 44.4 Å². The van der Waals surface area contributed by atoms with Crippen LogP contribution in [0.1, 0.15) is 55.9 Å². The van der Waals surface area contributed by atoms with Crippen LogP contribution in [0.2, 0.25) is 0 Å². The Hall–Kier alpha value is -5.16. The van der Waals surface area contributed by atoms with E-state index in [2.05, 4.69) is 105 Å². The fourth-order valence-electron chi connectivity index (χ4n) is 6.67. The molecule has 0 N–H and O–H groups in total. The topological polar surface area (TPSA) is 44.9 Å². The summed E-state index contributed by atoms with van der Waals surface area (Å²) in [6, 6.07) is 31.9. The third-order valence-corrected chi connectivity index (χ3v) is 8.77. The van der Waals surface area contributed by atoms with Crippen LogP contribution in [0.4, 0.5) is 0 Å². The third-order valence-electron chi connectivity index (χ3n) is 8.77. The number of benzene rings is 4. The van der Waals surface area contributed by atoms with Crippen LogP contribution in [0, 0.1) is 6.92 Å². The maximum absolute atomic E-state index is 6.50. The zero-order valence-electron chi connectivity index (χ0n) is 27.1. The van der Waals surface area contributed by atoms with E-state index in [1.54, 1.807) is 0 Å². The molecule has 3 heterocycles. The number of aryl methyl sites for hydroxylation is 4. The summed E-state index contributed by atoms with van der Waals surface area (Å²) >= 11 is 0. The summed E-state index contributed by atoms with van der Waals surface area (Å²) in [6.07, 6.45) is 11.5. The van der Waals surface area contributed by atoms with Gasteiger partial charge >= 0.3 is 0 Å². The standard InChI is InChI=1S/C41H40N4O/c1-5-11-30-22-29(7-3)23-31(12-6-2)41(30)32-26-43-44(27-32)33-13-10-14-34(24-33)46-35-17-18-37-36-15-8-9-16-38(36)45(39(37)25-35)40-21-28(4)19-20-42-40/h8-10,13-27H,5-7,11-12H2,1-4H3. The number of pyridine rings is 1. The molecule has 0 amide bonds. The van der Waals surface area contributed by atoms with E-state index in [1.807, 2.05) is 41.3 Å². The first-order valence-corrected chi connectivity index (χ1v) is 16.5. The van der Waals surface area contributed by atoms with E-state index >= 15 is 0 Å². The summed E-state index contributed by atoms with van der Waals surface area (Å²) in [5, 5.41) is 7.18. The van der Waals surface area contributed by atoms with Gasteiger partial charge in [0.2, 0.25) is 0 Å². The Bertz CT molecular complexity index is 2140. The van der Waals surface area contributed by atoms with Crippen molar-refractivity contribution in [2.45, 2.75) is 59.8 Å². The molecule has 0 unspecified atom stereocenters. The molecule has 0 spiro atoms. The normalized spacial score (nSPS) is 11.5. The lowest BCUT2D eigenvalue weighted by atomic mass is 9.89. The molecule has 7 rings (SSSR count). The number of ether oxygens (including phenoxy) is 1. The number of fused-ring (bicyclic) bond motifs is 3. The second kappa shape index (κ2) is 12.7. The summed E-state index contributed by atoms with van der Waals surface area (Å²) in [7, 11) is 0. The van der Waals surface area contributed by atoms with Crippen LogP contribution in [0.5, 0.6) is 11.5 Å². The van der Waals surface area contributed by atoms with Gasteiger partial charge in [-0.05, 0) is 96.5 Å². The summed E-state index contributed by atoms with van der Waals surface area (Å²) < 4.78 is 10.7. The van der Waals surface area contributed by atoms with Crippen molar-refractivity contribution in [1.29, 1.82) is 0 Å². The van der Waals surface area contributed by atoms with E-state index in [4.69, 9.17) is 14.8 Å². The highest BCUT2D eigenvalue weighted by molar-refractivity contribution is 6.09. The molecule has 4 aromatic carbocycles. The summed E-state index contributed by atoms with van der Waals surface area (Å²) in [4.78, 5) is 4.72. The number of rotatable bonds is 10. The van der Waals surface area contributed by atoms with Crippen LogP contribution in [-0.4, -0.2) is 19.3 Å². The van der Waals surface area contributed by atoms with Crippen LogP contribution in [0.15, 0.2) is 110 Å². The van der Waals surface area contributed by atoms with E-state index < -0.39 is 0 Å². The molecule has 0 radical (unpaired) electrons. The number of para-hydroxylation sites is 1. The molecular formula is C41H40N4O. The molecule has 0 bridgehead atoms. The van der Waals surface area contributed by atoms with E-state index in [1.165, 1.54) is 44.2 Å². The maximum Gasteiger partial charge on any atom is 0.137 e. The molecule has 7 aromatic rings. The van der Waals surface area contributed by atoms with Crippen molar-refractivity contribution >= 4 is 21.8 Å². The van der Waals surface area contributed by atoms with Gasteiger partial charge in [-0.1, -0.05) is 70.0 Å². The average molecular weight is 605 g/mol. The predicted molar refractivity (Wildman–Crippen MR) is 190 cm³/mol. The lowest BCUT2D eigenvalue weighted by Crippen LogP contribution is -1.99. The Morgan fingerprint density at radius 2 is 1.48 bits per heavy atom. The first-order valence-electron chi connectivity index (χ1n) is 16.5. The SMILES string of the molecule is CCCc1cc(CC)cc(CCC)c1-c1cnn(-c2cccc(Oc3ccc4c5ccccc5n(-c5cc(C)ccn5)c4c3)c2)c1. The van der Waals surface area contributed by atoms with Crippen LogP contribution < -0.4 is 4.74 Å². The molecule has 0 saturated heterocycles. The van der Waals surface area contributed by atoms with Gasteiger partial charge in [-0.25, -0.2) is 9.67 Å². The largest absolute Gasteiger partial charge is 0.457 e. The fraction of sp³-hybridized carbons (Fsp3) is 0.220. The molecule has 5 heteroatoms. The maximum atomic E-state index is 6.50. The van der Waals surface area contributed by atoms with Gasteiger partial charge in [0.25, 0.3) is 0 Å². The Morgan fingerprint density at radius 3 is 2.24 bits per heavy atom. The van der Waals surface area contributed by atoms with Crippen molar-refractivity contribution in [3.05, 3.63) is 132 Å². The van der Waals surface area contributed by atoms with Crippen LogP contribution >= 0.6 is 0 Å². The van der Waals surface area contributed by atoms with Crippen molar-refractivity contribution in [3.63, 3.8) is 0 Å². The van der Waals surface area contributed by atoms with Crippen molar-refractivity contribution in [2.24, 2.45) is 0 Å². The lowest BCUT2D eigenvalue weighted by molar-refractivity contribution is 0.483. The Labute approximate surface area is 271 Å². The Balaban J connectivity index is 1.23. The third kappa shape index (κ3) is 5.58. The van der Waals surface area contributed by atoms with Gasteiger partial charge in [-0.3, -0.25) is 4.57 Å². The molecule has 5 nitrogen and oxygen atoms in total. The lowest BCUT2D eigenvalue weighted by Gasteiger charge is -2.16. The second-order valence-corrected chi connectivity index (χ2v) is 12.1. The quantitative estimate of drug-likeness (QED) is 0.156. The number of aromatic nitrogens is 4. The van der Waals surface area contributed by atoms with Gasteiger partial charge in [0.15, 0.2) is 0 Å². The first kappa shape index (κ1) is 29.5. The summed E-state index contributed by atoms with van der Waals surface area (Å²) in [5.74, 6) is 2.43. The van der Waals surface area contributed by atoms with E-state index in [9.17, 15) is 0 Å². The molecule has 0 atom stereocenters. The van der Waals surface area contributed by atoms with Gasteiger partial charge in [-0.15, -0.1) is 0 Å². The monoisotopic (exact) mass is 604 g/mol. The van der Waals surface area contributed by atoms with Crippen LogP contribution in [-0.2, 0) is 19.3 Å². The van der Waals surface area contributed by atoms with Gasteiger partial charge in [-0.2, -0.15) is 5.10 Å². The average Bonchev–Trinajstić information content (AvgIpc) is 3.68. The van der Waals surface area contributed by atoms with E-state index in [0.29, 0.717) is 0 Å². The summed E-state index contributed by atoms with van der Waals surface area (Å²) in [5.41, 5.74) is 11.1. The molecule has 0 aliphatic rings. The van der Waals surface area contributed by atoms with Crippen LogP contribution in [0.3, 0.4) is 0 Å². The molecular weight excluding hydrogens is 564 g/mol. The molecule has 230 valence electrons. The smallest absolute Gasteiger partial charge is 0.137 e. The highest BCUT2D eigenvalue weighted by Crippen LogP contribution is 2.36. The first-order chi connectivity index (χ1) is 22.6.